The van der Waals surface area contributed by atoms with Gasteiger partial charge < -0.3 is 5.32 Å². The summed E-state index contributed by atoms with van der Waals surface area (Å²) in [5.74, 6) is 0. The van der Waals surface area contributed by atoms with Gasteiger partial charge in [-0.3, -0.25) is 4.90 Å². The zero-order valence-corrected chi connectivity index (χ0v) is 15.0. The monoisotopic (exact) mass is 310 g/mol. The molecule has 120 valence electrons. The van der Waals surface area contributed by atoms with E-state index in [1.54, 1.807) is 0 Å². The van der Waals surface area contributed by atoms with E-state index in [9.17, 15) is 0 Å². The summed E-state index contributed by atoms with van der Waals surface area (Å²) in [6.07, 6.45) is 2.21. The van der Waals surface area contributed by atoms with Crippen LogP contribution >= 0.6 is 11.6 Å². The van der Waals surface area contributed by atoms with Crippen LogP contribution < -0.4 is 5.32 Å². The fraction of sp³-hybridized carbons (Fsp3) is 0.667. The molecule has 0 aliphatic carbocycles. The van der Waals surface area contributed by atoms with Gasteiger partial charge in [-0.1, -0.05) is 57.5 Å². The van der Waals surface area contributed by atoms with Gasteiger partial charge in [0, 0.05) is 10.6 Å². The van der Waals surface area contributed by atoms with Crippen LogP contribution in [0.25, 0.3) is 0 Å². The van der Waals surface area contributed by atoms with E-state index in [1.165, 1.54) is 5.56 Å². The van der Waals surface area contributed by atoms with E-state index in [4.69, 9.17) is 11.6 Å². The molecule has 1 rings (SSSR count). The number of nitrogens with zero attached hydrogens (tertiary/aromatic N) is 1. The minimum absolute atomic E-state index is 0.0592. The summed E-state index contributed by atoms with van der Waals surface area (Å²) in [7, 11) is 0. The van der Waals surface area contributed by atoms with Gasteiger partial charge in [0.25, 0.3) is 0 Å². The Bertz CT molecular complexity index is 417. The molecule has 2 atom stereocenters. The third-order valence-electron chi connectivity index (χ3n) is 4.64. The second-order valence-electron chi connectivity index (χ2n) is 5.79. The van der Waals surface area contributed by atoms with Crippen LogP contribution in [0, 0.1) is 0 Å². The van der Waals surface area contributed by atoms with Crippen LogP contribution in [0.3, 0.4) is 0 Å². The summed E-state index contributed by atoms with van der Waals surface area (Å²) in [5.41, 5.74) is 1.27. The average molecular weight is 311 g/mol. The molecule has 2 nitrogen and oxygen atoms in total. The van der Waals surface area contributed by atoms with E-state index < -0.39 is 0 Å². The molecule has 0 fully saturated rings. The SMILES string of the molecule is CCCNC(c1ccccc1Cl)C(C)(CC)N(CC)CC. The van der Waals surface area contributed by atoms with Gasteiger partial charge in [0.2, 0.25) is 0 Å². The van der Waals surface area contributed by atoms with E-state index in [-0.39, 0.29) is 11.6 Å². The van der Waals surface area contributed by atoms with Crippen LogP contribution in [0.1, 0.15) is 59.1 Å². The van der Waals surface area contributed by atoms with Crippen LogP contribution in [-0.4, -0.2) is 30.1 Å². The number of hydrogen-bond donors (Lipinski definition) is 1. The molecule has 3 heteroatoms. The lowest BCUT2D eigenvalue weighted by Crippen LogP contribution is -2.54. The quantitative estimate of drug-likeness (QED) is 0.698. The topological polar surface area (TPSA) is 15.3 Å². The van der Waals surface area contributed by atoms with Crippen molar-refractivity contribution >= 4 is 11.6 Å². The fourth-order valence-electron chi connectivity index (χ4n) is 3.22. The van der Waals surface area contributed by atoms with E-state index >= 15 is 0 Å². The highest BCUT2D eigenvalue weighted by atomic mass is 35.5. The minimum atomic E-state index is 0.0592. The number of hydrogen-bond acceptors (Lipinski definition) is 2. The van der Waals surface area contributed by atoms with Crippen molar-refractivity contribution in [2.75, 3.05) is 19.6 Å². The Labute approximate surface area is 135 Å². The standard InChI is InChI=1S/C18H31ClN2/c1-6-14-20-17(15-12-10-11-13-16(15)19)18(5,7-2)21(8-3)9-4/h10-13,17,20H,6-9,14H2,1-5H3. The number of likely N-dealkylation sites (N-methyl/N-ethyl adjacent to an activating group) is 1. The predicted octanol–water partition coefficient (Wildman–Crippen LogP) is 4.89. The highest BCUT2D eigenvalue weighted by Gasteiger charge is 2.38. The van der Waals surface area contributed by atoms with Crippen LogP contribution in [0.15, 0.2) is 24.3 Å². The van der Waals surface area contributed by atoms with E-state index in [1.807, 2.05) is 12.1 Å². The summed E-state index contributed by atoms with van der Waals surface area (Å²) in [4.78, 5) is 2.55. The summed E-state index contributed by atoms with van der Waals surface area (Å²) >= 11 is 6.49. The second-order valence-corrected chi connectivity index (χ2v) is 6.20. The fourth-order valence-corrected chi connectivity index (χ4v) is 3.46. The third-order valence-corrected chi connectivity index (χ3v) is 4.98. The Morgan fingerprint density at radius 1 is 1.14 bits per heavy atom. The first-order valence-electron chi connectivity index (χ1n) is 8.27. The van der Waals surface area contributed by atoms with Gasteiger partial charge in [0.15, 0.2) is 0 Å². The molecule has 0 aromatic heterocycles. The van der Waals surface area contributed by atoms with E-state index in [0.717, 1.165) is 37.5 Å². The zero-order chi connectivity index (χ0) is 15.9. The Hall–Kier alpha value is -0.570. The Kier molecular flexibility index (Phi) is 7.72. The summed E-state index contributed by atoms with van der Waals surface area (Å²) in [6, 6.07) is 8.49. The predicted molar refractivity (Wildman–Crippen MR) is 94.1 cm³/mol. The highest BCUT2D eigenvalue weighted by Crippen LogP contribution is 2.37. The normalized spacial score (nSPS) is 16.0. The first-order chi connectivity index (χ1) is 10.0. The first-order valence-corrected chi connectivity index (χ1v) is 8.65. The van der Waals surface area contributed by atoms with Gasteiger partial charge >= 0.3 is 0 Å². The zero-order valence-electron chi connectivity index (χ0n) is 14.2. The van der Waals surface area contributed by atoms with Crippen LogP contribution in [0.4, 0.5) is 0 Å². The molecule has 2 unspecified atom stereocenters. The van der Waals surface area contributed by atoms with Crippen molar-refractivity contribution in [1.82, 2.24) is 10.2 Å². The maximum atomic E-state index is 6.49. The van der Waals surface area contributed by atoms with Crippen molar-refractivity contribution in [2.24, 2.45) is 0 Å². The largest absolute Gasteiger partial charge is 0.308 e. The van der Waals surface area contributed by atoms with Crippen LogP contribution in [-0.2, 0) is 0 Å². The molecule has 0 amide bonds. The van der Waals surface area contributed by atoms with Gasteiger partial charge in [0.1, 0.15) is 0 Å². The van der Waals surface area contributed by atoms with E-state index in [0.29, 0.717) is 0 Å². The van der Waals surface area contributed by atoms with Crippen molar-refractivity contribution in [1.29, 1.82) is 0 Å². The summed E-state index contributed by atoms with van der Waals surface area (Å²) < 4.78 is 0. The summed E-state index contributed by atoms with van der Waals surface area (Å²) in [5, 5.41) is 4.60. The van der Waals surface area contributed by atoms with Crippen molar-refractivity contribution < 1.29 is 0 Å². The molecule has 0 bridgehead atoms. The second kappa shape index (κ2) is 8.77. The maximum Gasteiger partial charge on any atom is 0.0519 e. The molecule has 0 saturated heterocycles. The molecular weight excluding hydrogens is 280 g/mol. The maximum absolute atomic E-state index is 6.49. The van der Waals surface area contributed by atoms with Gasteiger partial charge in [-0.2, -0.15) is 0 Å². The lowest BCUT2D eigenvalue weighted by molar-refractivity contribution is 0.0698. The number of rotatable bonds is 9. The van der Waals surface area contributed by atoms with Crippen LogP contribution in [0.5, 0.6) is 0 Å². The molecule has 1 aromatic carbocycles. The summed E-state index contributed by atoms with van der Waals surface area (Å²) in [6.45, 7) is 14.4. The van der Waals surface area contributed by atoms with Crippen molar-refractivity contribution in [3.63, 3.8) is 0 Å². The van der Waals surface area contributed by atoms with Crippen molar-refractivity contribution in [2.45, 2.75) is 59.0 Å². The van der Waals surface area contributed by atoms with Crippen LogP contribution in [0.2, 0.25) is 5.02 Å². The molecule has 0 saturated carbocycles. The van der Waals surface area contributed by atoms with Gasteiger partial charge in [-0.25, -0.2) is 0 Å². The van der Waals surface area contributed by atoms with E-state index in [2.05, 4.69) is 57.0 Å². The molecule has 1 N–H and O–H groups in total. The molecule has 1 aromatic rings. The Morgan fingerprint density at radius 2 is 1.76 bits per heavy atom. The molecule has 0 aliphatic heterocycles. The smallest absolute Gasteiger partial charge is 0.0519 e. The van der Waals surface area contributed by atoms with Gasteiger partial charge in [-0.05, 0) is 51.0 Å². The molecule has 0 heterocycles. The molecule has 0 aliphatic rings. The molecule has 0 radical (unpaired) electrons. The third kappa shape index (κ3) is 4.21. The first kappa shape index (κ1) is 18.5. The molecule has 0 spiro atoms. The number of nitrogens with one attached hydrogen (secondary N) is 1. The van der Waals surface area contributed by atoms with Crippen molar-refractivity contribution in [3.05, 3.63) is 34.9 Å². The van der Waals surface area contributed by atoms with Crippen molar-refractivity contribution in [3.8, 4) is 0 Å². The molecular formula is C18H31ClN2. The Morgan fingerprint density at radius 3 is 2.24 bits per heavy atom. The highest BCUT2D eigenvalue weighted by molar-refractivity contribution is 6.31. The number of halogens is 1. The molecule has 21 heavy (non-hydrogen) atoms. The lowest BCUT2D eigenvalue weighted by Gasteiger charge is -2.46. The Balaban J connectivity index is 3.24. The average Bonchev–Trinajstić information content (AvgIpc) is 2.50. The van der Waals surface area contributed by atoms with Gasteiger partial charge in [0.05, 0.1) is 6.04 Å². The van der Waals surface area contributed by atoms with Gasteiger partial charge in [-0.15, -0.1) is 0 Å². The number of benzene rings is 1. The lowest BCUT2D eigenvalue weighted by atomic mass is 9.82. The minimum Gasteiger partial charge on any atom is -0.308 e.